The minimum absolute atomic E-state index is 0.508. The van der Waals surface area contributed by atoms with Crippen LogP contribution in [0.4, 0.5) is 0 Å². The average molecular weight is 242 g/mol. The molecular weight excluding hydrogens is 224 g/mol. The third kappa shape index (κ3) is 3.11. The van der Waals surface area contributed by atoms with E-state index in [1.54, 1.807) is 13.8 Å². The van der Waals surface area contributed by atoms with E-state index < -0.39 is 5.60 Å². The van der Waals surface area contributed by atoms with E-state index in [1.165, 1.54) is 0 Å². The van der Waals surface area contributed by atoms with Gasteiger partial charge in [-0.05, 0) is 25.5 Å². The van der Waals surface area contributed by atoms with Gasteiger partial charge >= 0.3 is 0 Å². The first-order valence-electron chi connectivity index (χ1n) is 6.06. The van der Waals surface area contributed by atoms with E-state index in [2.05, 4.69) is 0 Å². The Bertz CT molecular complexity index is 498. The molecule has 2 heteroatoms. The molecular formula is C16H18O2. The molecule has 18 heavy (non-hydrogen) atoms. The molecule has 0 heterocycles. The number of rotatable bonds is 4. The first kappa shape index (κ1) is 12.7. The molecule has 0 saturated carbocycles. The fraction of sp³-hybridized carbons (Fsp3) is 0.250. The maximum absolute atomic E-state index is 10.1. The predicted octanol–water partition coefficient (Wildman–Crippen LogP) is 3.49. The van der Waals surface area contributed by atoms with Crippen molar-refractivity contribution < 1.29 is 9.84 Å². The van der Waals surface area contributed by atoms with Gasteiger partial charge in [0.05, 0.1) is 5.60 Å². The molecule has 0 spiro atoms. The lowest BCUT2D eigenvalue weighted by atomic mass is 9.97. The SMILES string of the molecule is CC(C)(O)c1ccccc1OCc1ccccc1. The summed E-state index contributed by atoms with van der Waals surface area (Å²) in [6, 6.07) is 17.6. The van der Waals surface area contributed by atoms with Gasteiger partial charge in [0, 0.05) is 5.56 Å². The van der Waals surface area contributed by atoms with Crippen molar-refractivity contribution in [2.45, 2.75) is 26.1 Å². The molecule has 0 aliphatic rings. The molecule has 0 unspecified atom stereocenters. The van der Waals surface area contributed by atoms with Crippen LogP contribution in [0.25, 0.3) is 0 Å². The van der Waals surface area contributed by atoms with Crippen LogP contribution in [0.5, 0.6) is 5.75 Å². The molecule has 0 amide bonds. The first-order chi connectivity index (χ1) is 8.57. The normalized spacial score (nSPS) is 11.3. The van der Waals surface area contributed by atoms with Crippen LogP contribution in [-0.4, -0.2) is 5.11 Å². The Kier molecular flexibility index (Phi) is 3.68. The Labute approximate surface area is 108 Å². The summed E-state index contributed by atoms with van der Waals surface area (Å²) >= 11 is 0. The van der Waals surface area contributed by atoms with Crippen LogP contribution in [-0.2, 0) is 12.2 Å². The number of aliphatic hydroxyl groups is 1. The fourth-order valence-electron chi connectivity index (χ4n) is 1.83. The molecule has 2 nitrogen and oxygen atoms in total. The molecule has 2 rings (SSSR count). The number of para-hydroxylation sites is 1. The lowest BCUT2D eigenvalue weighted by Gasteiger charge is -2.21. The second-order valence-corrected chi connectivity index (χ2v) is 4.83. The zero-order valence-corrected chi connectivity index (χ0v) is 10.8. The van der Waals surface area contributed by atoms with Crippen molar-refractivity contribution in [3.63, 3.8) is 0 Å². The highest BCUT2D eigenvalue weighted by Gasteiger charge is 2.20. The molecule has 0 atom stereocenters. The number of hydrogen-bond acceptors (Lipinski definition) is 2. The topological polar surface area (TPSA) is 29.5 Å². The van der Waals surface area contributed by atoms with E-state index in [0.717, 1.165) is 16.9 Å². The molecule has 0 saturated heterocycles. The predicted molar refractivity (Wildman–Crippen MR) is 72.5 cm³/mol. The number of benzene rings is 2. The van der Waals surface area contributed by atoms with E-state index in [0.29, 0.717) is 6.61 Å². The molecule has 0 bridgehead atoms. The van der Waals surface area contributed by atoms with Gasteiger partial charge in [-0.2, -0.15) is 0 Å². The van der Waals surface area contributed by atoms with Gasteiger partial charge in [0.2, 0.25) is 0 Å². The molecule has 2 aromatic rings. The Hall–Kier alpha value is -1.80. The van der Waals surface area contributed by atoms with Gasteiger partial charge in [-0.3, -0.25) is 0 Å². The van der Waals surface area contributed by atoms with Gasteiger partial charge in [0.25, 0.3) is 0 Å². The van der Waals surface area contributed by atoms with Crippen molar-refractivity contribution in [2.24, 2.45) is 0 Å². The smallest absolute Gasteiger partial charge is 0.125 e. The first-order valence-corrected chi connectivity index (χ1v) is 6.06. The van der Waals surface area contributed by atoms with Crippen molar-refractivity contribution >= 4 is 0 Å². The summed E-state index contributed by atoms with van der Waals surface area (Å²) in [6.07, 6.45) is 0. The third-order valence-corrected chi connectivity index (χ3v) is 2.78. The summed E-state index contributed by atoms with van der Waals surface area (Å²) in [5.74, 6) is 0.730. The van der Waals surface area contributed by atoms with E-state index >= 15 is 0 Å². The Balaban J connectivity index is 2.15. The molecule has 94 valence electrons. The summed E-state index contributed by atoms with van der Waals surface area (Å²) in [7, 11) is 0. The lowest BCUT2D eigenvalue weighted by Crippen LogP contribution is -2.17. The maximum atomic E-state index is 10.1. The summed E-state index contributed by atoms with van der Waals surface area (Å²) in [5, 5.41) is 10.1. The van der Waals surface area contributed by atoms with Gasteiger partial charge in [-0.1, -0.05) is 48.5 Å². The van der Waals surface area contributed by atoms with E-state index in [4.69, 9.17) is 4.74 Å². The number of ether oxygens (including phenoxy) is 1. The van der Waals surface area contributed by atoms with Gasteiger partial charge in [-0.15, -0.1) is 0 Å². The highest BCUT2D eigenvalue weighted by molar-refractivity contribution is 5.37. The second-order valence-electron chi connectivity index (χ2n) is 4.83. The zero-order valence-electron chi connectivity index (χ0n) is 10.8. The Morgan fingerprint density at radius 1 is 0.944 bits per heavy atom. The van der Waals surface area contributed by atoms with E-state index in [9.17, 15) is 5.11 Å². The largest absolute Gasteiger partial charge is 0.489 e. The lowest BCUT2D eigenvalue weighted by molar-refractivity contribution is 0.0744. The highest BCUT2D eigenvalue weighted by atomic mass is 16.5. The van der Waals surface area contributed by atoms with Gasteiger partial charge in [0.15, 0.2) is 0 Å². The Morgan fingerprint density at radius 3 is 2.22 bits per heavy atom. The summed E-state index contributed by atoms with van der Waals surface area (Å²) < 4.78 is 5.79. The molecule has 0 aliphatic carbocycles. The molecule has 0 aliphatic heterocycles. The van der Waals surface area contributed by atoms with Crippen molar-refractivity contribution in [1.29, 1.82) is 0 Å². The van der Waals surface area contributed by atoms with Crippen molar-refractivity contribution in [3.05, 3.63) is 65.7 Å². The monoisotopic (exact) mass is 242 g/mol. The average Bonchev–Trinajstić information content (AvgIpc) is 2.37. The summed E-state index contributed by atoms with van der Waals surface area (Å²) in [6.45, 7) is 4.03. The minimum atomic E-state index is -0.896. The minimum Gasteiger partial charge on any atom is -0.489 e. The molecule has 2 aromatic carbocycles. The number of hydrogen-bond donors (Lipinski definition) is 1. The fourth-order valence-corrected chi connectivity index (χ4v) is 1.83. The Morgan fingerprint density at radius 2 is 1.56 bits per heavy atom. The van der Waals surface area contributed by atoms with Gasteiger partial charge in [-0.25, -0.2) is 0 Å². The molecule has 0 radical (unpaired) electrons. The van der Waals surface area contributed by atoms with Crippen molar-refractivity contribution in [3.8, 4) is 5.75 Å². The molecule has 1 N–H and O–H groups in total. The van der Waals surface area contributed by atoms with Crippen LogP contribution in [0.2, 0.25) is 0 Å². The van der Waals surface area contributed by atoms with E-state index in [-0.39, 0.29) is 0 Å². The van der Waals surface area contributed by atoms with Crippen LogP contribution in [0.15, 0.2) is 54.6 Å². The van der Waals surface area contributed by atoms with Gasteiger partial charge in [0.1, 0.15) is 12.4 Å². The van der Waals surface area contributed by atoms with Crippen LogP contribution >= 0.6 is 0 Å². The molecule has 0 fully saturated rings. The molecule has 0 aromatic heterocycles. The highest BCUT2D eigenvalue weighted by Crippen LogP contribution is 2.29. The summed E-state index contributed by atoms with van der Waals surface area (Å²) in [4.78, 5) is 0. The maximum Gasteiger partial charge on any atom is 0.125 e. The third-order valence-electron chi connectivity index (χ3n) is 2.78. The summed E-state index contributed by atoms with van der Waals surface area (Å²) in [5.41, 5.74) is 1.02. The standard InChI is InChI=1S/C16H18O2/c1-16(2,17)14-10-6-7-11-15(14)18-12-13-8-4-3-5-9-13/h3-11,17H,12H2,1-2H3. The van der Waals surface area contributed by atoms with Crippen LogP contribution < -0.4 is 4.74 Å². The van der Waals surface area contributed by atoms with Crippen LogP contribution in [0.3, 0.4) is 0 Å². The second kappa shape index (κ2) is 5.23. The zero-order chi connectivity index (χ0) is 13.0. The van der Waals surface area contributed by atoms with Crippen molar-refractivity contribution in [2.75, 3.05) is 0 Å². The van der Waals surface area contributed by atoms with Crippen LogP contribution in [0, 0.1) is 0 Å². The quantitative estimate of drug-likeness (QED) is 0.889. The van der Waals surface area contributed by atoms with Crippen molar-refractivity contribution in [1.82, 2.24) is 0 Å². The van der Waals surface area contributed by atoms with Crippen LogP contribution in [0.1, 0.15) is 25.0 Å². The van der Waals surface area contributed by atoms with Gasteiger partial charge < -0.3 is 9.84 Å². The van der Waals surface area contributed by atoms with E-state index in [1.807, 2.05) is 54.6 Å².